The number of hydrogen-bond donors (Lipinski definition) is 2. The first-order valence-corrected chi connectivity index (χ1v) is 9.35. The Morgan fingerprint density at radius 1 is 0.966 bits per heavy atom. The number of pyridine rings is 1. The van der Waals surface area contributed by atoms with Gasteiger partial charge in [-0.15, -0.1) is 0 Å². The lowest BCUT2D eigenvalue weighted by molar-refractivity contribution is 0.0947. The minimum Gasteiger partial charge on any atom is -0.457 e. The Hall–Kier alpha value is -3.67. The molecule has 0 saturated carbocycles. The van der Waals surface area contributed by atoms with Crippen molar-refractivity contribution in [2.45, 2.75) is 13.3 Å². The van der Waals surface area contributed by atoms with E-state index in [1.54, 1.807) is 19.2 Å². The van der Waals surface area contributed by atoms with Gasteiger partial charge < -0.3 is 15.4 Å². The second kappa shape index (κ2) is 9.50. The largest absolute Gasteiger partial charge is 0.457 e. The molecule has 0 aliphatic carbocycles. The van der Waals surface area contributed by atoms with Gasteiger partial charge in [0.15, 0.2) is 0 Å². The lowest BCUT2D eigenvalue weighted by Gasteiger charge is -2.09. The van der Waals surface area contributed by atoms with E-state index < -0.39 is 0 Å². The molecule has 2 N–H and O–H groups in total. The van der Waals surface area contributed by atoms with Gasteiger partial charge in [0.25, 0.3) is 11.8 Å². The Kier molecular flexibility index (Phi) is 6.58. The summed E-state index contributed by atoms with van der Waals surface area (Å²) in [4.78, 5) is 27.9. The molecule has 0 aliphatic rings. The number of amides is 2. The third kappa shape index (κ3) is 5.65. The molecule has 29 heavy (non-hydrogen) atoms. The smallest absolute Gasteiger partial charge is 0.269 e. The van der Waals surface area contributed by atoms with Crippen molar-refractivity contribution < 1.29 is 14.3 Å². The van der Waals surface area contributed by atoms with Crippen molar-refractivity contribution >= 4 is 11.8 Å². The maximum Gasteiger partial charge on any atom is 0.269 e. The zero-order valence-corrected chi connectivity index (χ0v) is 16.4. The summed E-state index contributed by atoms with van der Waals surface area (Å²) in [5, 5.41) is 5.47. The summed E-state index contributed by atoms with van der Waals surface area (Å²) in [6, 6.07) is 18.4. The molecule has 3 rings (SSSR count). The normalized spacial score (nSPS) is 10.3. The zero-order valence-electron chi connectivity index (χ0n) is 16.4. The second-order valence-corrected chi connectivity index (χ2v) is 6.58. The maximum absolute atomic E-state index is 12.2. The van der Waals surface area contributed by atoms with Gasteiger partial charge >= 0.3 is 0 Å². The Morgan fingerprint density at radius 3 is 2.48 bits per heavy atom. The van der Waals surface area contributed by atoms with Crippen LogP contribution in [0.2, 0.25) is 0 Å². The van der Waals surface area contributed by atoms with Gasteiger partial charge in [0, 0.05) is 31.4 Å². The second-order valence-electron chi connectivity index (χ2n) is 6.58. The number of benzene rings is 2. The number of nitrogens with zero attached hydrogens (tertiary/aromatic N) is 1. The lowest BCUT2D eigenvalue weighted by Crippen LogP contribution is -2.25. The highest BCUT2D eigenvalue weighted by atomic mass is 16.5. The highest BCUT2D eigenvalue weighted by Gasteiger charge is 2.08. The molecule has 6 heteroatoms. The van der Waals surface area contributed by atoms with E-state index in [1.165, 1.54) is 6.20 Å². The minimum atomic E-state index is -0.270. The monoisotopic (exact) mass is 389 g/mol. The van der Waals surface area contributed by atoms with Gasteiger partial charge in [-0.2, -0.15) is 0 Å². The van der Waals surface area contributed by atoms with Crippen LogP contribution in [0.1, 0.15) is 32.0 Å². The summed E-state index contributed by atoms with van der Waals surface area (Å²) in [5.41, 5.74) is 3.10. The van der Waals surface area contributed by atoms with E-state index in [9.17, 15) is 9.59 Å². The third-order valence-electron chi connectivity index (χ3n) is 4.34. The zero-order chi connectivity index (χ0) is 20.6. The molecule has 1 aromatic heterocycles. The number of nitrogens with one attached hydrogen (secondary N) is 2. The van der Waals surface area contributed by atoms with Gasteiger partial charge in [0.2, 0.25) is 0 Å². The van der Waals surface area contributed by atoms with Crippen LogP contribution in [0.4, 0.5) is 0 Å². The number of carbonyl (C=O) groups excluding carboxylic acids is 2. The molecular formula is C23H23N3O3. The predicted molar refractivity (Wildman–Crippen MR) is 111 cm³/mol. The first-order valence-electron chi connectivity index (χ1n) is 9.35. The van der Waals surface area contributed by atoms with Crippen LogP contribution in [0, 0.1) is 6.92 Å². The number of ether oxygens (including phenoxy) is 1. The van der Waals surface area contributed by atoms with Crippen LogP contribution in [0.5, 0.6) is 11.5 Å². The standard InChI is InChI=1S/C23H23N3O3/c1-16-6-8-18(9-7-16)22(27)26-12-10-17-4-3-5-19(14-17)29-20-11-13-25-21(15-20)23(28)24-2/h3-9,11,13-15H,10,12H2,1-2H3,(H,24,28)(H,26,27). The molecule has 3 aromatic rings. The minimum absolute atomic E-state index is 0.0871. The van der Waals surface area contributed by atoms with E-state index in [-0.39, 0.29) is 11.8 Å². The van der Waals surface area contributed by atoms with Crippen LogP contribution in [-0.4, -0.2) is 30.4 Å². The van der Waals surface area contributed by atoms with E-state index in [2.05, 4.69) is 15.6 Å². The van der Waals surface area contributed by atoms with E-state index in [0.717, 1.165) is 11.1 Å². The average Bonchev–Trinajstić information content (AvgIpc) is 2.74. The highest BCUT2D eigenvalue weighted by molar-refractivity contribution is 5.94. The van der Waals surface area contributed by atoms with Crippen molar-refractivity contribution in [3.05, 3.63) is 89.2 Å². The van der Waals surface area contributed by atoms with Crippen LogP contribution in [0.3, 0.4) is 0 Å². The summed E-state index contributed by atoms with van der Waals surface area (Å²) in [6.45, 7) is 2.51. The molecule has 0 radical (unpaired) electrons. The van der Waals surface area contributed by atoms with E-state index >= 15 is 0 Å². The summed E-state index contributed by atoms with van der Waals surface area (Å²) in [7, 11) is 1.55. The van der Waals surface area contributed by atoms with Crippen LogP contribution < -0.4 is 15.4 Å². The number of hydrogen-bond acceptors (Lipinski definition) is 4. The first kappa shape index (κ1) is 20.1. The molecule has 0 bridgehead atoms. The molecule has 0 aliphatic heterocycles. The molecule has 0 spiro atoms. The van der Waals surface area contributed by atoms with Crippen molar-refractivity contribution in [1.29, 1.82) is 0 Å². The molecule has 0 unspecified atom stereocenters. The maximum atomic E-state index is 12.2. The topological polar surface area (TPSA) is 80.3 Å². The Morgan fingerprint density at radius 2 is 1.72 bits per heavy atom. The number of rotatable bonds is 7. The first-order chi connectivity index (χ1) is 14.0. The van der Waals surface area contributed by atoms with Crippen molar-refractivity contribution in [2.24, 2.45) is 0 Å². The van der Waals surface area contributed by atoms with E-state index in [1.807, 2.05) is 55.5 Å². The SMILES string of the molecule is CNC(=O)c1cc(Oc2cccc(CCNC(=O)c3ccc(C)cc3)c2)ccn1. The molecule has 1 heterocycles. The van der Waals surface area contributed by atoms with Crippen LogP contribution in [-0.2, 0) is 6.42 Å². The molecule has 0 saturated heterocycles. The third-order valence-corrected chi connectivity index (χ3v) is 4.34. The van der Waals surface area contributed by atoms with E-state index in [0.29, 0.717) is 35.7 Å². The van der Waals surface area contributed by atoms with Gasteiger partial charge in [-0.3, -0.25) is 14.6 Å². The molecule has 2 amide bonds. The van der Waals surface area contributed by atoms with Crippen molar-refractivity contribution in [1.82, 2.24) is 15.6 Å². The van der Waals surface area contributed by atoms with Crippen molar-refractivity contribution in [2.75, 3.05) is 13.6 Å². The summed E-state index contributed by atoms with van der Waals surface area (Å²) in [6.07, 6.45) is 2.21. The summed E-state index contributed by atoms with van der Waals surface area (Å²) in [5.74, 6) is 0.828. The van der Waals surface area contributed by atoms with Gasteiger partial charge in [-0.05, 0) is 49.2 Å². The molecule has 6 nitrogen and oxygen atoms in total. The average molecular weight is 389 g/mol. The highest BCUT2D eigenvalue weighted by Crippen LogP contribution is 2.22. The fraction of sp³-hybridized carbons (Fsp3) is 0.174. The number of carbonyl (C=O) groups is 2. The molecular weight excluding hydrogens is 366 g/mol. The molecule has 0 atom stereocenters. The lowest BCUT2D eigenvalue weighted by atomic mass is 10.1. The van der Waals surface area contributed by atoms with Crippen molar-refractivity contribution in [3.63, 3.8) is 0 Å². The quantitative estimate of drug-likeness (QED) is 0.648. The molecule has 0 fully saturated rings. The van der Waals surface area contributed by atoms with Gasteiger partial charge in [-0.1, -0.05) is 29.8 Å². The Bertz CT molecular complexity index is 1000. The van der Waals surface area contributed by atoms with Crippen molar-refractivity contribution in [3.8, 4) is 11.5 Å². The van der Waals surface area contributed by atoms with Gasteiger partial charge in [-0.25, -0.2) is 0 Å². The van der Waals surface area contributed by atoms with Crippen LogP contribution in [0.15, 0.2) is 66.9 Å². The molecule has 148 valence electrons. The number of aryl methyl sites for hydroxylation is 1. The van der Waals surface area contributed by atoms with Crippen LogP contribution in [0.25, 0.3) is 0 Å². The Labute approximate surface area is 169 Å². The van der Waals surface area contributed by atoms with Crippen LogP contribution >= 0.6 is 0 Å². The predicted octanol–water partition coefficient (Wildman–Crippen LogP) is 3.51. The van der Waals surface area contributed by atoms with Gasteiger partial charge in [0.05, 0.1) is 0 Å². The summed E-state index contributed by atoms with van der Waals surface area (Å²) >= 11 is 0. The Balaban J connectivity index is 1.57. The fourth-order valence-electron chi connectivity index (χ4n) is 2.75. The molecule has 2 aromatic carbocycles. The number of aromatic nitrogens is 1. The fourth-order valence-corrected chi connectivity index (χ4v) is 2.75. The summed E-state index contributed by atoms with van der Waals surface area (Å²) < 4.78 is 5.85. The van der Waals surface area contributed by atoms with E-state index in [4.69, 9.17) is 4.74 Å². The van der Waals surface area contributed by atoms with Gasteiger partial charge in [0.1, 0.15) is 17.2 Å².